The molecule has 0 unspecified atom stereocenters. The molecule has 0 bridgehead atoms. The number of unbranched alkanes of at least 4 members (excludes halogenated alkanes) is 5. The van der Waals surface area contributed by atoms with Gasteiger partial charge in [0.1, 0.15) is 0 Å². The van der Waals surface area contributed by atoms with Crippen LogP contribution in [-0.4, -0.2) is 11.5 Å². The van der Waals surface area contributed by atoms with Gasteiger partial charge in [0.2, 0.25) is 0 Å². The number of nitrogens with zero attached hydrogens (tertiary/aromatic N) is 2. The maximum absolute atomic E-state index is 4.45. The summed E-state index contributed by atoms with van der Waals surface area (Å²) >= 11 is 0. The minimum absolute atomic E-state index is 0.173. The van der Waals surface area contributed by atoms with Crippen molar-refractivity contribution in [2.45, 2.75) is 78.6 Å². The van der Waals surface area contributed by atoms with E-state index in [9.17, 15) is 0 Å². The highest BCUT2D eigenvalue weighted by molar-refractivity contribution is 5.69. The normalized spacial score (nSPS) is 11.5. The van der Waals surface area contributed by atoms with Crippen molar-refractivity contribution >= 4 is 11.4 Å². The van der Waals surface area contributed by atoms with E-state index >= 15 is 0 Å². The molecule has 3 rings (SSSR count). The van der Waals surface area contributed by atoms with E-state index in [1.165, 1.54) is 66.6 Å². The molecule has 170 valence electrons. The molecule has 0 fully saturated rings. The van der Waals surface area contributed by atoms with Crippen molar-refractivity contribution in [3.8, 4) is 11.1 Å². The van der Waals surface area contributed by atoms with Crippen LogP contribution >= 0.6 is 0 Å². The molecule has 1 aromatic heterocycles. The second kappa shape index (κ2) is 11.3. The Labute approximate surface area is 195 Å². The first-order valence-corrected chi connectivity index (χ1v) is 12.3. The van der Waals surface area contributed by atoms with Crippen molar-refractivity contribution in [1.82, 2.24) is 4.98 Å². The molecule has 0 saturated heterocycles. The maximum atomic E-state index is 4.45. The van der Waals surface area contributed by atoms with Crippen molar-refractivity contribution in [1.29, 1.82) is 0 Å². The number of hydrogen-bond acceptors (Lipinski definition) is 2. The lowest BCUT2D eigenvalue weighted by Gasteiger charge is -2.27. The largest absolute Gasteiger partial charge is 0.341 e. The Morgan fingerprint density at radius 3 is 1.81 bits per heavy atom. The Morgan fingerprint density at radius 2 is 1.25 bits per heavy atom. The summed E-state index contributed by atoms with van der Waals surface area (Å²) in [5.74, 6) is 0. The molecule has 0 saturated carbocycles. The van der Waals surface area contributed by atoms with Gasteiger partial charge >= 0.3 is 0 Å². The van der Waals surface area contributed by atoms with Crippen LogP contribution in [0.25, 0.3) is 11.1 Å². The van der Waals surface area contributed by atoms with E-state index in [4.69, 9.17) is 0 Å². The van der Waals surface area contributed by atoms with Gasteiger partial charge in [-0.15, -0.1) is 0 Å². The van der Waals surface area contributed by atoms with Gasteiger partial charge in [-0.25, -0.2) is 0 Å². The molecular weight excluding hydrogens is 388 g/mol. The molecule has 0 aliphatic rings. The van der Waals surface area contributed by atoms with Crippen LogP contribution in [0.5, 0.6) is 0 Å². The number of aryl methyl sites for hydroxylation is 1. The fourth-order valence-electron chi connectivity index (χ4n) is 4.07. The van der Waals surface area contributed by atoms with Crippen LogP contribution in [0.1, 0.15) is 77.5 Å². The third-order valence-electron chi connectivity index (χ3n) is 6.20. The smallest absolute Gasteiger partial charge is 0.0411 e. The fourth-order valence-corrected chi connectivity index (χ4v) is 4.07. The maximum Gasteiger partial charge on any atom is 0.0411 e. The first-order chi connectivity index (χ1) is 15.4. The number of rotatable bonds is 10. The van der Waals surface area contributed by atoms with Crippen LogP contribution in [-0.2, 0) is 5.41 Å². The van der Waals surface area contributed by atoms with Crippen molar-refractivity contribution in [3.05, 3.63) is 78.1 Å². The number of aromatic nitrogens is 1. The van der Waals surface area contributed by atoms with Gasteiger partial charge in [-0.1, -0.05) is 90.1 Å². The van der Waals surface area contributed by atoms with Crippen LogP contribution in [0.15, 0.2) is 66.9 Å². The highest BCUT2D eigenvalue weighted by Gasteiger charge is 2.15. The molecule has 32 heavy (non-hydrogen) atoms. The lowest BCUT2D eigenvalue weighted by molar-refractivity contribution is 0.590. The Kier molecular flexibility index (Phi) is 8.50. The van der Waals surface area contributed by atoms with E-state index in [0.29, 0.717) is 0 Å². The second-order valence-electron chi connectivity index (χ2n) is 9.95. The van der Waals surface area contributed by atoms with Gasteiger partial charge in [-0.05, 0) is 60.2 Å². The number of pyridine rings is 1. The van der Waals surface area contributed by atoms with Gasteiger partial charge in [0.25, 0.3) is 0 Å². The summed E-state index contributed by atoms with van der Waals surface area (Å²) in [5.41, 5.74) is 7.51. The third kappa shape index (κ3) is 6.69. The average molecular weight is 429 g/mol. The van der Waals surface area contributed by atoms with Crippen molar-refractivity contribution in [2.75, 3.05) is 11.4 Å². The Balaban J connectivity index is 1.79. The summed E-state index contributed by atoms with van der Waals surface area (Å²) in [4.78, 5) is 6.92. The van der Waals surface area contributed by atoms with E-state index < -0.39 is 0 Å². The highest BCUT2D eigenvalue weighted by Crippen LogP contribution is 2.31. The molecule has 0 aliphatic carbocycles. The number of anilines is 2. The van der Waals surface area contributed by atoms with Crippen LogP contribution in [0.2, 0.25) is 0 Å². The lowest BCUT2D eigenvalue weighted by Crippen LogP contribution is -2.19. The van der Waals surface area contributed by atoms with Gasteiger partial charge < -0.3 is 4.90 Å². The predicted molar refractivity (Wildman–Crippen MR) is 140 cm³/mol. The van der Waals surface area contributed by atoms with Crippen LogP contribution in [0.3, 0.4) is 0 Å². The molecule has 0 spiro atoms. The second-order valence-corrected chi connectivity index (χ2v) is 9.95. The van der Waals surface area contributed by atoms with Crippen molar-refractivity contribution in [2.24, 2.45) is 0 Å². The molecule has 2 nitrogen and oxygen atoms in total. The highest BCUT2D eigenvalue weighted by atomic mass is 15.1. The minimum Gasteiger partial charge on any atom is -0.341 e. The molecule has 1 heterocycles. The van der Waals surface area contributed by atoms with E-state index in [2.05, 4.69) is 98.2 Å². The summed E-state index contributed by atoms with van der Waals surface area (Å²) in [7, 11) is 0. The standard InChI is InChI=1S/C30H40N2/c1-6-7-8-9-10-11-22-32(29-20-16-27(17-21-29)30(3,4)5)28-18-14-25(15-19-28)26-13-12-24(2)31-23-26/h12-21,23H,6-11,22H2,1-5H3. The first-order valence-electron chi connectivity index (χ1n) is 12.3. The molecule has 0 N–H and O–H groups in total. The van der Waals surface area contributed by atoms with Gasteiger partial charge in [0.05, 0.1) is 0 Å². The van der Waals surface area contributed by atoms with Crippen molar-refractivity contribution < 1.29 is 0 Å². The van der Waals surface area contributed by atoms with E-state index in [1.54, 1.807) is 0 Å². The zero-order valence-electron chi connectivity index (χ0n) is 20.7. The van der Waals surface area contributed by atoms with E-state index in [-0.39, 0.29) is 5.41 Å². The van der Waals surface area contributed by atoms with Gasteiger partial charge in [-0.3, -0.25) is 4.98 Å². The third-order valence-corrected chi connectivity index (χ3v) is 6.20. The predicted octanol–water partition coefficient (Wildman–Crippen LogP) is 8.85. The molecular formula is C30H40N2. The lowest BCUT2D eigenvalue weighted by atomic mass is 9.87. The molecule has 0 atom stereocenters. The summed E-state index contributed by atoms with van der Waals surface area (Å²) in [6.07, 6.45) is 9.82. The minimum atomic E-state index is 0.173. The SMILES string of the molecule is CCCCCCCCN(c1ccc(-c2ccc(C)nc2)cc1)c1ccc(C(C)(C)C)cc1. The monoisotopic (exact) mass is 428 g/mol. The van der Waals surface area contributed by atoms with Crippen LogP contribution in [0.4, 0.5) is 11.4 Å². The summed E-state index contributed by atoms with van der Waals surface area (Å²) in [5, 5.41) is 0. The van der Waals surface area contributed by atoms with E-state index in [1.807, 2.05) is 13.1 Å². The summed E-state index contributed by atoms with van der Waals surface area (Å²) < 4.78 is 0. The Morgan fingerprint density at radius 1 is 0.688 bits per heavy atom. The molecule has 2 heteroatoms. The first kappa shape index (κ1) is 24.0. The van der Waals surface area contributed by atoms with E-state index in [0.717, 1.165) is 12.2 Å². The number of benzene rings is 2. The van der Waals surface area contributed by atoms with Gasteiger partial charge in [0, 0.05) is 35.4 Å². The zero-order valence-corrected chi connectivity index (χ0v) is 20.7. The topological polar surface area (TPSA) is 16.1 Å². The molecule has 0 amide bonds. The van der Waals surface area contributed by atoms with Gasteiger partial charge in [0.15, 0.2) is 0 Å². The summed E-state index contributed by atoms with van der Waals surface area (Å²) in [6, 6.07) is 22.3. The molecule has 0 radical (unpaired) electrons. The Bertz CT molecular complexity index is 932. The Hall–Kier alpha value is -2.61. The summed E-state index contributed by atoms with van der Waals surface area (Å²) in [6.45, 7) is 12.2. The molecule has 3 aromatic rings. The fraction of sp³-hybridized carbons (Fsp3) is 0.433. The van der Waals surface area contributed by atoms with Gasteiger partial charge in [-0.2, -0.15) is 0 Å². The molecule has 2 aromatic carbocycles. The number of hydrogen-bond donors (Lipinski definition) is 0. The van der Waals surface area contributed by atoms with Crippen LogP contribution < -0.4 is 4.90 Å². The molecule has 0 aliphatic heterocycles. The average Bonchev–Trinajstić information content (AvgIpc) is 2.79. The van der Waals surface area contributed by atoms with Crippen LogP contribution in [0, 0.1) is 6.92 Å². The quantitative estimate of drug-likeness (QED) is 0.300. The zero-order chi connectivity index (χ0) is 23.0. The van der Waals surface area contributed by atoms with Crippen molar-refractivity contribution in [3.63, 3.8) is 0 Å².